The molecular formula is C17H21N5O3. The highest BCUT2D eigenvalue weighted by Gasteiger charge is 2.20. The second-order valence-corrected chi connectivity index (χ2v) is 6.07. The van der Waals surface area contributed by atoms with Crippen LogP contribution in [0, 0.1) is 0 Å². The highest BCUT2D eigenvalue weighted by atomic mass is 16.2. The highest BCUT2D eigenvalue weighted by molar-refractivity contribution is 5.76. The van der Waals surface area contributed by atoms with E-state index in [4.69, 9.17) is 0 Å². The zero-order valence-electron chi connectivity index (χ0n) is 13.9. The van der Waals surface area contributed by atoms with E-state index >= 15 is 0 Å². The van der Waals surface area contributed by atoms with Crippen molar-refractivity contribution in [3.05, 3.63) is 63.2 Å². The number of aromatic amines is 1. The van der Waals surface area contributed by atoms with Gasteiger partial charge in [0.25, 0.3) is 5.56 Å². The summed E-state index contributed by atoms with van der Waals surface area (Å²) >= 11 is 0. The third-order valence-electron chi connectivity index (χ3n) is 4.34. The maximum absolute atomic E-state index is 12.3. The molecule has 25 heavy (non-hydrogen) atoms. The zero-order chi connectivity index (χ0) is 17.6. The van der Waals surface area contributed by atoms with Gasteiger partial charge in [0.05, 0.1) is 0 Å². The molecule has 8 nitrogen and oxygen atoms in total. The van der Waals surface area contributed by atoms with E-state index in [1.807, 2.05) is 17.0 Å². The number of carbonyl (C=O) groups is 1. The fourth-order valence-electron chi connectivity index (χ4n) is 2.90. The lowest BCUT2D eigenvalue weighted by Crippen LogP contribution is -2.48. The van der Waals surface area contributed by atoms with Gasteiger partial charge in [-0.3, -0.25) is 24.5 Å². The van der Waals surface area contributed by atoms with Crippen molar-refractivity contribution in [1.29, 1.82) is 0 Å². The van der Waals surface area contributed by atoms with Crippen LogP contribution in [0.15, 0.2) is 46.4 Å². The predicted molar refractivity (Wildman–Crippen MR) is 92.0 cm³/mol. The van der Waals surface area contributed by atoms with E-state index in [0.29, 0.717) is 13.1 Å². The Hall–Kier alpha value is -2.74. The molecule has 0 saturated carbocycles. The van der Waals surface area contributed by atoms with Crippen LogP contribution in [-0.4, -0.2) is 56.4 Å². The van der Waals surface area contributed by atoms with Crippen molar-refractivity contribution in [3.8, 4) is 0 Å². The molecule has 3 heterocycles. The van der Waals surface area contributed by atoms with E-state index in [0.717, 1.165) is 19.6 Å². The van der Waals surface area contributed by atoms with E-state index in [1.165, 1.54) is 22.4 Å². The van der Waals surface area contributed by atoms with Gasteiger partial charge >= 0.3 is 5.69 Å². The summed E-state index contributed by atoms with van der Waals surface area (Å²) in [6, 6.07) is 5.28. The summed E-state index contributed by atoms with van der Waals surface area (Å²) in [6.45, 7) is 4.15. The molecule has 2 aromatic rings. The van der Waals surface area contributed by atoms with Crippen LogP contribution in [0.3, 0.4) is 0 Å². The maximum atomic E-state index is 12.3. The van der Waals surface area contributed by atoms with Gasteiger partial charge in [-0.25, -0.2) is 4.79 Å². The lowest BCUT2D eigenvalue weighted by atomic mass is 10.2. The van der Waals surface area contributed by atoms with Gasteiger partial charge in [0.15, 0.2) is 0 Å². The summed E-state index contributed by atoms with van der Waals surface area (Å²) in [4.78, 5) is 45.3. The smallest absolute Gasteiger partial charge is 0.328 e. The Morgan fingerprint density at radius 2 is 1.80 bits per heavy atom. The van der Waals surface area contributed by atoms with Gasteiger partial charge in [-0.15, -0.1) is 0 Å². The zero-order valence-corrected chi connectivity index (χ0v) is 13.9. The minimum atomic E-state index is -0.484. The van der Waals surface area contributed by atoms with Crippen LogP contribution >= 0.6 is 0 Å². The number of hydrogen-bond donors (Lipinski definition) is 1. The molecule has 132 valence electrons. The average molecular weight is 343 g/mol. The van der Waals surface area contributed by atoms with Crippen molar-refractivity contribution in [2.24, 2.45) is 0 Å². The molecule has 2 aromatic heterocycles. The summed E-state index contributed by atoms with van der Waals surface area (Å²) < 4.78 is 1.35. The standard InChI is InChI=1S/C17H21N5O3/c23-15-3-7-22(17(25)19-15)8-4-16(24)21-11-9-20(10-12-21)13-14-1-5-18-6-2-14/h1-3,5-7H,4,8-13H2,(H,19,23,25). The van der Waals surface area contributed by atoms with Gasteiger partial charge in [-0.2, -0.15) is 0 Å². The van der Waals surface area contributed by atoms with E-state index < -0.39 is 11.2 Å². The summed E-state index contributed by atoms with van der Waals surface area (Å²) in [5, 5.41) is 0. The number of amides is 1. The number of aryl methyl sites for hydroxylation is 1. The molecule has 1 aliphatic heterocycles. The predicted octanol–water partition coefficient (Wildman–Crippen LogP) is -0.334. The van der Waals surface area contributed by atoms with Crippen LogP contribution in [-0.2, 0) is 17.9 Å². The molecule has 1 fully saturated rings. The molecule has 1 aliphatic rings. The topological polar surface area (TPSA) is 91.3 Å². The van der Waals surface area contributed by atoms with Crippen LogP contribution in [0.2, 0.25) is 0 Å². The second-order valence-electron chi connectivity index (χ2n) is 6.07. The fraction of sp³-hybridized carbons (Fsp3) is 0.412. The summed E-state index contributed by atoms with van der Waals surface area (Å²) in [6.07, 6.45) is 5.24. The number of carbonyl (C=O) groups excluding carboxylic acids is 1. The monoisotopic (exact) mass is 343 g/mol. The first kappa shape index (κ1) is 17.1. The number of nitrogens with zero attached hydrogens (tertiary/aromatic N) is 4. The number of aromatic nitrogens is 3. The summed E-state index contributed by atoms with van der Waals surface area (Å²) in [7, 11) is 0. The molecule has 0 radical (unpaired) electrons. The van der Waals surface area contributed by atoms with Crippen molar-refractivity contribution in [3.63, 3.8) is 0 Å². The number of pyridine rings is 1. The van der Waals surface area contributed by atoms with Crippen molar-refractivity contribution < 1.29 is 4.79 Å². The number of hydrogen-bond acceptors (Lipinski definition) is 5. The Morgan fingerprint density at radius 3 is 2.48 bits per heavy atom. The Balaban J connectivity index is 1.46. The van der Waals surface area contributed by atoms with E-state index in [-0.39, 0.29) is 18.9 Å². The van der Waals surface area contributed by atoms with Gasteiger partial charge in [0.1, 0.15) is 0 Å². The first-order valence-corrected chi connectivity index (χ1v) is 8.30. The van der Waals surface area contributed by atoms with Crippen LogP contribution in [0.4, 0.5) is 0 Å². The molecule has 0 aromatic carbocycles. The number of piperazine rings is 1. The highest BCUT2D eigenvalue weighted by Crippen LogP contribution is 2.09. The first-order chi connectivity index (χ1) is 12.1. The van der Waals surface area contributed by atoms with Crippen molar-refractivity contribution in [1.82, 2.24) is 24.3 Å². The third-order valence-corrected chi connectivity index (χ3v) is 4.34. The fourth-order valence-corrected chi connectivity index (χ4v) is 2.90. The molecule has 1 amide bonds. The first-order valence-electron chi connectivity index (χ1n) is 8.30. The minimum Gasteiger partial charge on any atom is -0.340 e. The van der Waals surface area contributed by atoms with Crippen LogP contribution in [0.5, 0.6) is 0 Å². The van der Waals surface area contributed by atoms with Crippen LogP contribution in [0.1, 0.15) is 12.0 Å². The van der Waals surface area contributed by atoms with E-state index in [1.54, 1.807) is 12.4 Å². The largest absolute Gasteiger partial charge is 0.340 e. The SMILES string of the molecule is O=C(CCn1ccc(=O)[nH]c1=O)N1CCN(Cc2ccncc2)CC1. The maximum Gasteiger partial charge on any atom is 0.328 e. The molecule has 8 heteroatoms. The number of rotatable bonds is 5. The molecule has 0 spiro atoms. The van der Waals surface area contributed by atoms with Gasteiger partial charge in [0, 0.05) is 70.3 Å². The van der Waals surface area contributed by atoms with Crippen molar-refractivity contribution in [2.45, 2.75) is 19.5 Å². The molecule has 3 rings (SSSR count). The molecule has 0 unspecified atom stereocenters. The molecule has 0 bridgehead atoms. The van der Waals surface area contributed by atoms with Gasteiger partial charge in [-0.05, 0) is 17.7 Å². The minimum absolute atomic E-state index is 0.0293. The quantitative estimate of drug-likeness (QED) is 0.802. The Bertz CT molecular complexity index is 822. The van der Waals surface area contributed by atoms with Crippen LogP contribution in [0.25, 0.3) is 0 Å². The lowest BCUT2D eigenvalue weighted by Gasteiger charge is -2.34. The Kier molecular flexibility index (Phi) is 5.39. The third kappa shape index (κ3) is 4.63. The number of H-pyrrole nitrogens is 1. The Labute approximate surface area is 144 Å². The second kappa shape index (κ2) is 7.89. The Morgan fingerprint density at radius 1 is 1.08 bits per heavy atom. The summed E-state index contributed by atoms with van der Waals surface area (Å²) in [5.41, 5.74) is 0.299. The lowest BCUT2D eigenvalue weighted by molar-refractivity contribution is -0.133. The molecule has 0 atom stereocenters. The van der Waals surface area contributed by atoms with Gasteiger partial charge < -0.3 is 9.47 Å². The molecule has 0 aliphatic carbocycles. The summed E-state index contributed by atoms with van der Waals surface area (Å²) in [5.74, 6) is 0.0293. The molecular weight excluding hydrogens is 322 g/mol. The molecule has 1 N–H and O–H groups in total. The van der Waals surface area contributed by atoms with Gasteiger partial charge in [-0.1, -0.05) is 0 Å². The van der Waals surface area contributed by atoms with Crippen LogP contribution < -0.4 is 11.2 Å². The van der Waals surface area contributed by atoms with Crippen molar-refractivity contribution >= 4 is 5.91 Å². The van der Waals surface area contributed by atoms with Gasteiger partial charge in [0.2, 0.25) is 5.91 Å². The average Bonchev–Trinajstić information content (AvgIpc) is 2.62. The number of nitrogens with one attached hydrogen (secondary N) is 1. The van der Waals surface area contributed by atoms with Crippen molar-refractivity contribution in [2.75, 3.05) is 26.2 Å². The van der Waals surface area contributed by atoms with E-state index in [2.05, 4.69) is 14.9 Å². The molecule has 1 saturated heterocycles. The normalized spacial score (nSPS) is 15.3. The van der Waals surface area contributed by atoms with E-state index in [9.17, 15) is 14.4 Å².